The minimum absolute atomic E-state index is 0.0703. The van der Waals surface area contributed by atoms with Crippen LogP contribution in [0.5, 0.6) is 0 Å². The Balaban J connectivity index is 1.79. The molecule has 2 aromatic carbocycles. The van der Waals surface area contributed by atoms with Crippen LogP contribution in [-0.4, -0.2) is 52.2 Å². The molecule has 8 nitrogen and oxygen atoms in total. The lowest BCUT2D eigenvalue weighted by atomic mass is 9.74. The molecule has 2 aliphatic heterocycles. The molecule has 4 unspecified atom stereocenters. The quantitative estimate of drug-likeness (QED) is 0.478. The molecule has 2 N–H and O–H groups in total. The van der Waals surface area contributed by atoms with Crippen LogP contribution in [-0.2, 0) is 10.3 Å². The van der Waals surface area contributed by atoms with Gasteiger partial charge < -0.3 is 19.2 Å². The van der Waals surface area contributed by atoms with E-state index < -0.39 is 0 Å². The molecule has 4 heterocycles. The Hall–Kier alpha value is -3.23. The van der Waals surface area contributed by atoms with E-state index in [9.17, 15) is 9.59 Å². The molecule has 3 aliphatic rings. The van der Waals surface area contributed by atoms with E-state index in [2.05, 4.69) is 37.7 Å². The van der Waals surface area contributed by atoms with E-state index in [1.165, 1.54) is 0 Å². The summed E-state index contributed by atoms with van der Waals surface area (Å²) in [4.78, 5) is 30.6. The number of nitrogens with zero attached hydrogens (tertiary/aromatic N) is 3. The first-order valence-corrected chi connectivity index (χ1v) is 11.0. The molecule has 4 aromatic rings. The molecular weight excluding hydrogens is 406 g/mol. The maximum atomic E-state index is 13.0. The van der Waals surface area contributed by atoms with E-state index >= 15 is 0 Å². The molecule has 2 amide bonds. The Morgan fingerprint density at radius 1 is 1.19 bits per heavy atom. The van der Waals surface area contributed by atoms with Gasteiger partial charge in [0.15, 0.2) is 0 Å². The Kier molecular flexibility index (Phi) is 3.30. The fourth-order valence-corrected chi connectivity index (χ4v) is 6.87. The zero-order valence-electron chi connectivity index (χ0n) is 18.1. The molecule has 1 saturated carbocycles. The molecule has 0 radical (unpaired) electrons. The van der Waals surface area contributed by atoms with Gasteiger partial charge in [0.1, 0.15) is 5.52 Å². The number of para-hydroxylation sites is 1. The van der Waals surface area contributed by atoms with Crippen LogP contribution >= 0.6 is 0 Å². The van der Waals surface area contributed by atoms with Crippen molar-refractivity contribution < 1.29 is 14.3 Å². The number of amides is 2. The van der Waals surface area contributed by atoms with Crippen molar-refractivity contribution in [2.24, 2.45) is 0 Å². The van der Waals surface area contributed by atoms with Crippen LogP contribution in [0.1, 0.15) is 46.5 Å². The largest absolute Gasteiger partial charge is 0.377 e. The van der Waals surface area contributed by atoms with Crippen molar-refractivity contribution in [1.29, 1.82) is 0 Å². The average molecular weight is 429 g/mol. The summed E-state index contributed by atoms with van der Waals surface area (Å²) in [6, 6.07) is 8.48. The second-order valence-electron chi connectivity index (χ2n) is 9.46. The van der Waals surface area contributed by atoms with Crippen molar-refractivity contribution in [2.75, 3.05) is 14.2 Å². The molecular formula is C24H23N5O3. The number of hydrogen-bond donors (Lipinski definition) is 2. The first-order chi connectivity index (χ1) is 15.5. The Morgan fingerprint density at radius 2 is 1.97 bits per heavy atom. The molecule has 2 aromatic heterocycles. The van der Waals surface area contributed by atoms with Gasteiger partial charge in [-0.15, -0.1) is 0 Å². The molecule has 2 bridgehead atoms. The molecule has 4 atom stereocenters. The number of fused-ring (bicyclic) bond motifs is 10. The van der Waals surface area contributed by atoms with Gasteiger partial charge in [-0.1, -0.05) is 18.2 Å². The summed E-state index contributed by atoms with van der Waals surface area (Å²) in [5.41, 5.74) is 4.01. The van der Waals surface area contributed by atoms with Gasteiger partial charge in [0.25, 0.3) is 11.8 Å². The van der Waals surface area contributed by atoms with Gasteiger partial charge in [0.2, 0.25) is 0 Å². The monoisotopic (exact) mass is 429 g/mol. The third-order valence-electron chi connectivity index (χ3n) is 7.99. The number of likely N-dealkylation sites (N-methyl/N-ethyl adjacent to an activating group) is 1. The first-order valence-electron chi connectivity index (χ1n) is 11.0. The van der Waals surface area contributed by atoms with Crippen LogP contribution in [0.25, 0.3) is 32.8 Å². The fourth-order valence-electron chi connectivity index (χ4n) is 6.87. The van der Waals surface area contributed by atoms with Gasteiger partial charge in [0, 0.05) is 35.5 Å². The highest BCUT2D eigenvalue weighted by molar-refractivity contribution is 6.36. The van der Waals surface area contributed by atoms with Gasteiger partial charge in [-0.25, -0.2) is 4.98 Å². The molecule has 0 spiro atoms. The SMILES string of the molecule is CNC1CC2CC(C)(C1OC)n1c3ccccc3c3c4c(c5ncn2c5c31)C(=O)NC4=O. The van der Waals surface area contributed by atoms with Gasteiger partial charge in [-0.05, 0) is 32.9 Å². The average Bonchev–Trinajstić information content (AvgIpc) is 3.43. The predicted octanol–water partition coefficient (Wildman–Crippen LogP) is 2.69. The van der Waals surface area contributed by atoms with E-state index in [0.717, 1.165) is 40.2 Å². The van der Waals surface area contributed by atoms with Gasteiger partial charge >= 0.3 is 0 Å². The summed E-state index contributed by atoms with van der Waals surface area (Å²) in [6.07, 6.45) is 3.53. The summed E-state index contributed by atoms with van der Waals surface area (Å²) in [5, 5.41) is 7.79. The molecule has 162 valence electrons. The summed E-state index contributed by atoms with van der Waals surface area (Å²) < 4.78 is 10.7. The number of imide groups is 1. The Bertz CT molecular complexity index is 1510. The molecule has 7 rings (SSSR count). The number of benzene rings is 2. The third-order valence-corrected chi connectivity index (χ3v) is 7.99. The van der Waals surface area contributed by atoms with E-state index in [1.54, 1.807) is 7.11 Å². The standard InChI is InChI=1S/C24H23N5O3/c1-24-9-11(8-13(25-2)21(24)32-3)28-10-26-18-17-16(22(30)27-23(17)31)15-12-6-4-5-7-14(12)29(24)19(15)20(18)28/h4-7,10-11,13,21,25H,8-9H2,1-3H3,(H,27,30,31). The first kappa shape index (κ1) is 18.4. The molecule has 0 saturated heterocycles. The maximum Gasteiger partial charge on any atom is 0.261 e. The summed E-state index contributed by atoms with van der Waals surface area (Å²) in [5.74, 6) is -0.714. The summed E-state index contributed by atoms with van der Waals surface area (Å²) in [7, 11) is 3.76. The number of imidazole rings is 1. The number of ether oxygens (including phenoxy) is 1. The number of carbonyl (C=O) groups is 2. The van der Waals surface area contributed by atoms with Crippen molar-refractivity contribution in [2.45, 2.75) is 43.5 Å². The lowest BCUT2D eigenvalue weighted by Crippen LogP contribution is -2.58. The van der Waals surface area contributed by atoms with Gasteiger partial charge in [0.05, 0.1) is 40.1 Å². The smallest absolute Gasteiger partial charge is 0.261 e. The van der Waals surface area contributed by atoms with Gasteiger partial charge in [-0.3, -0.25) is 14.9 Å². The molecule has 8 heteroatoms. The number of methoxy groups -OCH3 is 1. The van der Waals surface area contributed by atoms with E-state index in [-0.39, 0.29) is 35.5 Å². The van der Waals surface area contributed by atoms with E-state index in [1.807, 2.05) is 31.6 Å². The maximum absolute atomic E-state index is 13.0. The predicted molar refractivity (Wildman–Crippen MR) is 120 cm³/mol. The van der Waals surface area contributed by atoms with Crippen molar-refractivity contribution >= 4 is 44.7 Å². The van der Waals surface area contributed by atoms with Crippen molar-refractivity contribution in [1.82, 2.24) is 24.8 Å². The van der Waals surface area contributed by atoms with Gasteiger partial charge in [-0.2, -0.15) is 0 Å². The van der Waals surface area contributed by atoms with Crippen LogP contribution < -0.4 is 10.6 Å². The Labute approximate surface area is 183 Å². The normalized spacial score (nSPS) is 28.7. The number of rotatable bonds is 2. The van der Waals surface area contributed by atoms with Crippen LogP contribution in [0.4, 0.5) is 0 Å². The highest BCUT2D eigenvalue weighted by Gasteiger charge is 2.51. The van der Waals surface area contributed by atoms with Crippen LogP contribution in [0, 0.1) is 0 Å². The lowest BCUT2D eigenvalue weighted by molar-refractivity contribution is -0.0532. The number of aromatic nitrogens is 3. The van der Waals surface area contributed by atoms with Crippen molar-refractivity contribution in [3.63, 3.8) is 0 Å². The molecule has 1 aliphatic carbocycles. The van der Waals surface area contributed by atoms with E-state index in [4.69, 9.17) is 4.74 Å². The molecule has 32 heavy (non-hydrogen) atoms. The Morgan fingerprint density at radius 3 is 2.75 bits per heavy atom. The zero-order valence-corrected chi connectivity index (χ0v) is 18.1. The highest BCUT2D eigenvalue weighted by Crippen LogP contribution is 2.52. The minimum Gasteiger partial charge on any atom is -0.377 e. The molecule has 1 fully saturated rings. The van der Waals surface area contributed by atoms with Crippen molar-refractivity contribution in [3.05, 3.63) is 41.7 Å². The lowest BCUT2D eigenvalue weighted by Gasteiger charge is -2.48. The van der Waals surface area contributed by atoms with E-state index in [0.29, 0.717) is 16.6 Å². The topological polar surface area (TPSA) is 90.2 Å². The highest BCUT2D eigenvalue weighted by atomic mass is 16.5. The second-order valence-corrected chi connectivity index (χ2v) is 9.46. The number of nitrogens with one attached hydrogen (secondary N) is 2. The summed E-state index contributed by atoms with van der Waals surface area (Å²) in [6.45, 7) is 2.26. The van der Waals surface area contributed by atoms with Crippen LogP contribution in [0.15, 0.2) is 30.6 Å². The minimum atomic E-state index is -0.369. The third kappa shape index (κ3) is 1.86. The summed E-state index contributed by atoms with van der Waals surface area (Å²) >= 11 is 0. The van der Waals surface area contributed by atoms with Crippen molar-refractivity contribution in [3.8, 4) is 0 Å². The zero-order chi connectivity index (χ0) is 21.9. The van der Waals surface area contributed by atoms with Crippen LogP contribution in [0.2, 0.25) is 0 Å². The number of hydrogen-bond acceptors (Lipinski definition) is 5. The number of carbonyl (C=O) groups excluding carboxylic acids is 2. The second kappa shape index (κ2) is 5.76. The van der Waals surface area contributed by atoms with Crippen LogP contribution in [0.3, 0.4) is 0 Å². The fraction of sp³-hybridized carbons (Fsp3) is 0.375.